The van der Waals surface area contributed by atoms with Gasteiger partial charge in [-0.15, -0.1) is 0 Å². The normalized spacial score (nSPS) is 16.5. The van der Waals surface area contributed by atoms with E-state index in [1.54, 1.807) is 43.5 Å². The monoisotopic (exact) mass is 360 g/mol. The molecule has 2 N–H and O–H groups in total. The van der Waals surface area contributed by atoms with Crippen LogP contribution in [0.15, 0.2) is 47.4 Å². The lowest BCUT2D eigenvalue weighted by molar-refractivity contribution is -0.117. The number of nitrogens with one attached hydrogen (secondary N) is 2. The van der Waals surface area contributed by atoms with Gasteiger partial charge in [-0.05, 0) is 53.9 Å². The molecule has 1 heterocycles. The summed E-state index contributed by atoms with van der Waals surface area (Å²) in [7, 11) is -2.21. The Morgan fingerprint density at radius 3 is 2.40 bits per heavy atom. The Labute approximate surface area is 147 Å². The predicted octanol–water partition coefficient (Wildman–Crippen LogP) is 3.19. The fourth-order valence-corrected chi connectivity index (χ4v) is 4.06. The first-order valence-electron chi connectivity index (χ1n) is 7.93. The molecule has 3 rings (SSSR count). The fourth-order valence-electron chi connectivity index (χ4n) is 2.97. The molecular formula is C18H20N2O4S. The second kappa shape index (κ2) is 6.40. The maximum Gasteiger partial charge on any atom is 0.261 e. The van der Waals surface area contributed by atoms with Crippen LogP contribution in [0.2, 0.25) is 0 Å². The molecule has 7 heteroatoms. The van der Waals surface area contributed by atoms with Gasteiger partial charge in [-0.2, -0.15) is 0 Å². The van der Waals surface area contributed by atoms with Gasteiger partial charge in [0.2, 0.25) is 5.91 Å². The SMILES string of the molecule is COc1ccc(NS(=O)(=O)c2ccc3c(c2)[C@H](C(C)C)C(=O)N3)cc1. The van der Waals surface area contributed by atoms with Crippen LogP contribution in [-0.2, 0) is 14.8 Å². The van der Waals surface area contributed by atoms with Crippen LogP contribution in [0.25, 0.3) is 0 Å². The van der Waals surface area contributed by atoms with Crippen molar-refractivity contribution < 1.29 is 17.9 Å². The summed E-state index contributed by atoms with van der Waals surface area (Å²) in [4.78, 5) is 12.2. The first-order chi connectivity index (χ1) is 11.8. The molecule has 1 amide bonds. The molecule has 0 aliphatic carbocycles. The molecule has 1 aliphatic heterocycles. The van der Waals surface area contributed by atoms with Crippen LogP contribution in [0.3, 0.4) is 0 Å². The minimum Gasteiger partial charge on any atom is -0.497 e. The van der Waals surface area contributed by atoms with Crippen molar-refractivity contribution in [1.29, 1.82) is 0 Å². The minimum atomic E-state index is -3.75. The molecule has 0 fully saturated rings. The lowest BCUT2D eigenvalue weighted by Gasteiger charge is -2.14. The Bertz CT molecular complexity index is 905. The van der Waals surface area contributed by atoms with Crippen LogP contribution < -0.4 is 14.8 Å². The number of sulfonamides is 1. The summed E-state index contributed by atoms with van der Waals surface area (Å²) >= 11 is 0. The van der Waals surface area contributed by atoms with Gasteiger partial charge in [0, 0.05) is 11.4 Å². The summed E-state index contributed by atoms with van der Waals surface area (Å²) in [6, 6.07) is 11.3. The van der Waals surface area contributed by atoms with Crippen molar-refractivity contribution in [2.45, 2.75) is 24.7 Å². The first-order valence-corrected chi connectivity index (χ1v) is 9.42. The van der Waals surface area contributed by atoms with Crippen LogP contribution in [0.5, 0.6) is 5.75 Å². The van der Waals surface area contributed by atoms with Crippen molar-refractivity contribution in [2.24, 2.45) is 5.92 Å². The van der Waals surface area contributed by atoms with Crippen molar-refractivity contribution in [3.05, 3.63) is 48.0 Å². The van der Waals surface area contributed by atoms with Crippen LogP contribution in [0.1, 0.15) is 25.3 Å². The zero-order chi connectivity index (χ0) is 18.2. The zero-order valence-electron chi connectivity index (χ0n) is 14.2. The Kier molecular flexibility index (Phi) is 4.43. The number of anilines is 2. The number of hydrogen-bond acceptors (Lipinski definition) is 4. The van der Waals surface area contributed by atoms with Crippen molar-refractivity contribution in [3.8, 4) is 5.75 Å². The molecule has 0 radical (unpaired) electrons. The van der Waals surface area contributed by atoms with E-state index in [9.17, 15) is 13.2 Å². The molecule has 1 aliphatic rings. The Hall–Kier alpha value is -2.54. The highest BCUT2D eigenvalue weighted by Gasteiger charge is 2.34. The van der Waals surface area contributed by atoms with E-state index < -0.39 is 10.0 Å². The Balaban J connectivity index is 1.92. The maximum absolute atomic E-state index is 12.7. The topological polar surface area (TPSA) is 84.5 Å². The second-order valence-electron chi connectivity index (χ2n) is 6.29. The third kappa shape index (κ3) is 3.32. The highest BCUT2D eigenvalue weighted by Crippen LogP contribution is 2.38. The minimum absolute atomic E-state index is 0.0775. The van der Waals surface area contributed by atoms with Gasteiger partial charge in [-0.25, -0.2) is 8.42 Å². The molecule has 0 spiro atoms. The lowest BCUT2D eigenvalue weighted by Crippen LogP contribution is -2.17. The number of benzene rings is 2. The molecule has 25 heavy (non-hydrogen) atoms. The van der Waals surface area contributed by atoms with Gasteiger partial charge in [-0.3, -0.25) is 9.52 Å². The van der Waals surface area contributed by atoms with Crippen LogP contribution in [-0.4, -0.2) is 21.4 Å². The number of rotatable bonds is 5. The van der Waals surface area contributed by atoms with E-state index >= 15 is 0 Å². The molecule has 0 saturated heterocycles. The van der Waals surface area contributed by atoms with Crippen LogP contribution in [0, 0.1) is 5.92 Å². The quantitative estimate of drug-likeness (QED) is 0.858. The lowest BCUT2D eigenvalue weighted by atomic mass is 9.90. The van der Waals surface area contributed by atoms with Gasteiger partial charge < -0.3 is 10.1 Å². The molecule has 0 bridgehead atoms. The van der Waals surface area contributed by atoms with E-state index in [1.807, 2.05) is 13.8 Å². The molecule has 0 saturated carbocycles. The van der Waals surface area contributed by atoms with Crippen LogP contribution in [0.4, 0.5) is 11.4 Å². The Morgan fingerprint density at radius 2 is 1.80 bits per heavy atom. The van der Waals surface area contributed by atoms with E-state index in [4.69, 9.17) is 4.74 Å². The summed E-state index contributed by atoms with van der Waals surface area (Å²) in [5.74, 6) is 0.285. The maximum atomic E-state index is 12.7. The third-order valence-electron chi connectivity index (χ3n) is 4.22. The fraction of sp³-hybridized carbons (Fsp3) is 0.278. The van der Waals surface area contributed by atoms with Gasteiger partial charge in [0.1, 0.15) is 5.75 Å². The molecule has 2 aromatic rings. The number of carbonyl (C=O) groups excluding carboxylic acids is 1. The molecule has 6 nitrogen and oxygen atoms in total. The molecule has 2 aromatic carbocycles. The third-order valence-corrected chi connectivity index (χ3v) is 5.60. The largest absolute Gasteiger partial charge is 0.497 e. The van der Waals surface area contributed by atoms with Crippen molar-refractivity contribution in [2.75, 3.05) is 17.1 Å². The molecule has 0 unspecified atom stereocenters. The van der Waals surface area contributed by atoms with Crippen molar-refractivity contribution >= 4 is 27.3 Å². The number of methoxy groups -OCH3 is 1. The molecule has 132 valence electrons. The zero-order valence-corrected chi connectivity index (χ0v) is 15.1. The number of fused-ring (bicyclic) bond motifs is 1. The van der Waals surface area contributed by atoms with E-state index in [0.29, 0.717) is 17.1 Å². The van der Waals surface area contributed by atoms with Crippen LogP contribution >= 0.6 is 0 Å². The first kappa shape index (κ1) is 17.3. The number of carbonyl (C=O) groups is 1. The average Bonchev–Trinajstić information content (AvgIpc) is 2.90. The number of hydrogen-bond donors (Lipinski definition) is 2. The summed E-state index contributed by atoms with van der Waals surface area (Å²) in [5.41, 5.74) is 1.83. The number of amides is 1. The highest BCUT2D eigenvalue weighted by atomic mass is 32.2. The average molecular weight is 360 g/mol. The molecule has 0 aromatic heterocycles. The van der Waals surface area contributed by atoms with Gasteiger partial charge in [0.05, 0.1) is 17.9 Å². The standard InChI is InChI=1S/C18H20N2O4S/c1-11(2)17-15-10-14(8-9-16(15)19-18(17)21)25(22,23)20-12-4-6-13(24-3)7-5-12/h4-11,17,20H,1-3H3,(H,19,21)/t17-/m0/s1. The summed E-state index contributed by atoms with van der Waals surface area (Å²) in [6.07, 6.45) is 0. The highest BCUT2D eigenvalue weighted by molar-refractivity contribution is 7.92. The van der Waals surface area contributed by atoms with Crippen molar-refractivity contribution in [3.63, 3.8) is 0 Å². The van der Waals surface area contributed by atoms with Gasteiger partial charge in [0.15, 0.2) is 0 Å². The predicted molar refractivity (Wildman–Crippen MR) is 96.5 cm³/mol. The second-order valence-corrected chi connectivity index (χ2v) is 7.98. The van der Waals surface area contributed by atoms with E-state index in [1.165, 1.54) is 6.07 Å². The number of ether oxygens (including phenoxy) is 1. The van der Waals surface area contributed by atoms with Crippen molar-refractivity contribution in [1.82, 2.24) is 0 Å². The van der Waals surface area contributed by atoms with Gasteiger partial charge in [-0.1, -0.05) is 13.8 Å². The summed E-state index contributed by atoms with van der Waals surface area (Å²) in [6.45, 7) is 3.88. The Morgan fingerprint density at radius 1 is 1.12 bits per heavy atom. The van der Waals surface area contributed by atoms with Gasteiger partial charge >= 0.3 is 0 Å². The summed E-state index contributed by atoms with van der Waals surface area (Å²) < 4.78 is 32.9. The van der Waals surface area contributed by atoms with E-state index in [0.717, 1.165) is 5.56 Å². The molecular weight excluding hydrogens is 340 g/mol. The van der Waals surface area contributed by atoms with Gasteiger partial charge in [0.25, 0.3) is 10.0 Å². The van der Waals surface area contributed by atoms with E-state index in [2.05, 4.69) is 10.0 Å². The molecule has 1 atom stereocenters. The summed E-state index contributed by atoms with van der Waals surface area (Å²) in [5, 5.41) is 2.80. The smallest absolute Gasteiger partial charge is 0.261 e. The van der Waals surface area contributed by atoms with E-state index in [-0.39, 0.29) is 22.6 Å².